The highest BCUT2D eigenvalue weighted by molar-refractivity contribution is 7.89. The van der Waals surface area contributed by atoms with Gasteiger partial charge in [-0.05, 0) is 24.6 Å². The van der Waals surface area contributed by atoms with Crippen LogP contribution in [-0.4, -0.2) is 54.2 Å². The molecule has 0 radical (unpaired) electrons. The van der Waals surface area contributed by atoms with Crippen molar-refractivity contribution in [1.82, 2.24) is 4.31 Å². The Bertz CT molecular complexity index is 595. The van der Waals surface area contributed by atoms with Crippen molar-refractivity contribution >= 4 is 16.0 Å². The molecular weight excluding hydrogens is 274 g/mol. The van der Waals surface area contributed by atoms with E-state index in [1.54, 1.807) is 0 Å². The number of aryl methyl sites for hydroxylation is 1. The number of aromatic carboxylic acids is 1. The molecule has 0 atom stereocenters. The quantitative estimate of drug-likeness (QED) is 0.703. The first kappa shape index (κ1) is 15.4. The zero-order valence-electron chi connectivity index (χ0n) is 10.5. The van der Waals surface area contributed by atoms with Crippen LogP contribution in [0.25, 0.3) is 0 Å². The monoisotopic (exact) mass is 289 g/mol. The van der Waals surface area contributed by atoms with Crippen LogP contribution in [0.2, 0.25) is 0 Å². The van der Waals surface area contributed by atoms with E-state index in [-0.39, 0.29) is 23.6 Å². The molecular formula is C11H15NO6S. The molecule has 0 unspecified atom stereocenters. The minimum Gasteiger partial charge on any atom is -0.507 e. The van der Waals surface area contributed by atoms with Gasteiger partial charge in [-0.1, -0.05) is 0 Å². The van der Waals surface area contributed by atoms with Crippen LogP contribution in [0.3, 0.4) is 0 Å². The van der Waals surface area contributed by atoms with E-state index < -0.39 is 27.3 Å². The molecule has 1 aromatic rings. The van der Waals surface area contributed by atoms with Gasteiger partial charge in [0.1, 0.15) is 11.3 Å². The van der Waals surface area contributed by atoms with Gasteiger partial charge < -0.3 is 15.3 Å². The number of carbonyl (C=O) groups is 1. The lowest BCUT2D eigenvalue weighted by Gasteiger charge is -2.18. The normalized spacial score (nSPS) is 11.8. The molecule has 0 amide bonds. The van der Waals surface area contributed by atoms with E-state index in [9.17, 15) is 18.3 Å². The first-order chi connectivity index (χ1) is 8.71. The number of rotatable bonds is 5. The van der Waals surface area contributed by atoms with Gasteiger partial charge in [-0.2, -0.15) is 4.31 Å². The summed E-state index contributed by atoms with van der Waals surface area (Å²) in [4.78, 5) is 10.7. The summed E-state index contributed by atoms with van der Waals surface area (Å²) in [7, 11) is -2.63. The second-order valence-electron chi connectivity index (χ2n) is 3.99. The van der Waals surface area contributed by atoms with Crippen molar-refractivity contribution < 1.29 is 28.5 Å². The highest BCUT2D eigenvalue weighted by atomic mass is 32.2. The summed E-state index contributed by atoms with van der Waals surface area (Å²) in [6.45, 7) is 0.995. The largest absolute Gasteiger partial charge is 0.507 e. The molecule has 1 rings (SSSR count). The summed E-state index contributed by atoms with van der Waals surface area (Å²) in [5, 5.41) is 27.1. The Labute approximate surface area is 110 Å². The summed E-state index contributed by atoms with van der Waals surface area (Å²) in [5.74, 6) is -1.91. The Morgan fingerprint density at radius 2 is 1.95 bits per heavy atom. The van der Waals surface area contributed by atoms with Crippen LogP contribution < -0.4 is 0 Å². The summed E-state index contributed by atoms with van der Waals surface area (Å²) < 4.78 is 25.3. The van der Waals surface area contributed by atoms with Crippen molar-refractivity contribution in [3.8, 4) is 5.75 Å². The molecule has 0 spiro atoms. The maximum Gasteiger partial charge on any atom is 0.339 e. The lowest BCUT2D eigenvalue weighted by Crippen LogP contribution is -2.30. The zero-order chi connectivity index (χ0) is 14.8. The number of phenols is 1. The molecule has 0 aromatic heterocycles. The third kappa shape index (κ3) is 3.03. The molecule has 1 aromatic carbocycles. The van der Waals surface area contributed by atoms with Crippen LogP contribution in [0, 0.1) is 6.92 Å². The minimum absolute atomic E-state index is 0.106. The Morgan fingerprint density at radius 3 is 2.42 bits per heavy atom. The summed E-state index contributed by atoms with van der Waals surface area (Å²) in [6, 6.07) is 2.00. The maximum absolute atomic E-state index is 12.2. The van der Waals surface area contributed by atoms with E-state index in [0.29, 0.717) is 0 Å². The van der Waals surface area contributed by atoms with Crippen LogP contribution >= 0.6 is 0 Å². The van der Waals surface area contributed by atoms with E-state index in [0.717, 1.165) is 16.4 Å². The van der Waals surface area contributed by atoms with E-state index in [4.69, 9.17) is 10.2 Å². The van der Waals surface area contributed by atoms with Gasteiger partial charge >= 0.3 is 5.97 Å². The number of sulfonamides is 1. The van der Waals surface area contributed by atoms with Crippen molar-refractivity contribution in [3.63, 3.8) is 0 Å². The predicted molar refractivity (Wildman–Crippen MR) is 66.7 cm³/mol. The third-order valence-electron chi connectivity index (χ3n) is 2.63. The smallest absolute Gasteiger partial charge is 0.339 e. The summed E-state index contributed by atoms with van der Waals surface area (Å²) in [6.07, 6.45) is 0. The number of benzene rings is 1. The second-order valence-corrected chi connectivity index (χ2v) is 6.00. The fraction of sp³-hybridized carbons (Fsp3) is 0.364. The van der Waals surface area contributed by atoms with Gasteiger partial charge in [0.15, 0.2) is 0 Å². The average molecular weight is 289 g/mol. The standard InChI is InChI=1S/C11H15NO6S/c1-7-5-9(14)8(11(15)16)6-10(7)19(17,18)12(2)3-4-13/h5-6,13-14H,3-4H2,1-2H3,(H,15,16). The number of likely N-dealkylation sites (N-methyl/N-ethyl adjacent to an activating group) is 1. The molecule has 0 aliphatic heterocycles. The van der Waals surface area contributed by atoms with Gasteiger partial charge in [-0.25, -0.2) is 13.2 Å². The predicted octanol–water partition coefficient (Wildman–Crippen LogP) is 0.0116. The Kier molecular flexibility index (Phi) is 4.51. The first-order valence-electron chi connectivity index (χ1n) is 5.36. The number of hydrogen-bond donors (Lipinski definition) is 3. The van der Waals surface area contributed by atoms with E-state index in [1.807, 2.05) is 0 Å². The minimum atomic E-state index is -3.91. The highest BCUT2D eigenvalue weighted by Gasteiger charge is 2.25. The van der Waals surface area contributed by atoms with E-state index >= 15 is 0 Å². The molecule has 0 saturated heterocycles. The highest BCUT2D eigenvalue weighted by Crippen LogP contribution is 2.27. The molecule has 3 N–H and O–H groups in total. The third-order valence-corrected chi connectivity index (χ3v) is 4.63. The lowest BCUT2D eigenvalue weighted by atomic mass is 10.1. The van der Waals surface area contributed by atoms with Crippen molar-refractivity contribution in [1.29, 1.82) is 0 Å². The van der Waals surface area contributed by atoms with Crippen LogP contribution in [-0.2, 0) is 10.0 Å². The van der Waals surface area contributed by atoms with Crippen molar-refractivity contribution in [3.05, 3.63) is 23.3 Å². The number of nitrogens with zero attached hydrogens (tertiary/aromatic N) is 1. The molecule has 0 bridgehead atoms. The zero-order valence-corrected chi connectivity index (χ0v) is 11.3. The van der Waals surface area contributed by atoms with Gasteiger partial charge in [-0.3, -0.25) is 0 Å². The number of hydrogen-bond acceptors (Lipinski definition) is 5. The number of carboxylic acid groups (broad SMARTS) is 1. The van der Waals surface area contributed by atoms with Crippen LogP contribution in [0.15, 0.2) is 17.0 Å². The fourth-order valence-corrected chi connectivity index (χ4v) is 2.94. The SMILES string of the molecule is Cc1cc(O)c(C(=O)O)cc1S(=O)(=O)N(C)CCO. The number of aliphatic hydroxyl groups is 1. The Hall–Kier alpha value is -1.64. The van der Waals surface area contributed by atoms with Crippen molar-refractivity contribution in [2.45, 2.75) is 11.8 Å². The van der Waals surface area contributed by atoms with Crippen LogP contribution in [0.1, 0.15) is 15.9 Å². The molecule has 8 heteroatoms. The number of aromatic hydroxyl groups is 1. The van der Waals surface area contributed by atoms with Crippen molar-refractivity contribution in [2.75, 3.05) is 20.2 Å². The molecule has 7 nitrogen and oxygen atoms in total. The molecule has 0 saturated carbocycles. The van der Waals surface area contributed by atoms with Gasteiger partial charge in [0.05, 0.1) is 11.5 Å². The van der Waals surface area contributed by atoms with Crippen molar-refractivity contribution in [2.24, 2.45) is 0 Å². The molecule has 0 aliphatic carbocycles. The molecule has 106 valence electrons. The average Bonchev–Trinajstić information content (AvgIpc) is 2.28. The molecule has 0 heterocycles. The second kappa shape index (κ2) is 5.55. The summed E-state index contributed by atoms with van der Waals surface area (Å²) in [5.41, 5.74) is -0.256. The number of carboxylic acids is 1. The van der Waals surface area contributed by atoms with Gasteiger partial charge in [-0.15, -0.1) is 0 Å². The maximum atomic E-state index is 12.2. The molecule has 0 aliphatic rings. The lowest BCUT2D eigenvalue weighted by molar-refractivity contribution is 0.0693. The van der Waals surface area contributed by atoms with E-state index in [1.165, 1.54) is 14.0 Å². The van der Waals surface area contributed by atoms with E-state index in [2.05, 4.69) is 0 Å². The van der Waals surface area contributed by atoms with Gasteiger partial charge in [0.2, 0.25) is 10.0 Å². The molecule has 0 fully saturated rings. The van der Waals surface area contributed by atoms with Crippen LogP contribution in [0.5, 0.6) is 5.75 Å². The first-order valence-corrected chi connectivity index (χ1v) is 6.80. The number of aliphatic hydroxyl groups excluding tert-OH is 1. The van der Waals surface area contributed by atoms with Crippen LogP contribution in [0.4, 0.5) is 0 Å². The fourth-order valence-electron chi connectivity index (χ4n) is 1.55. The van der Waals surface area contributed by atoms with Gasteiger partial charge in [0.25, 0.3) is 0 Å². The van der Waals surface area contributed by atoms with Gasteiger partial charge in [0, 0.05) is 13.6 Å². The summed E-state index contributed by atoms with van der Waals surface area (Å²) >= 11 is 0. The Balaban J connectivity index is 3.43. The Morgan fingerprint density at radius 1 is 1.37 bits per heavy atom. The topological polar surface area (TPSA) is 115 Å². The molecule has 19 heavy (non-hydrogen) atoms.